The molecule has 0 saturated heterocycles. The third-order valence-corrected chi connectivity index (χ3v) is 8.03. The Morgan fingerprint density at radius 3 is 2.59 bits per heavy atom. The molecule has 0 amide bonds. The van der Waals surface area contributed by atoms with Gasteiger partial charge in [0.15, 0.2) is 17.2 Å². The molecule has 0 bridgehead atoms. The number of pyridine rings is 1. The SMILES string of the molecule is CC[C@@H](c1cc2scc(C)n2c(=O)c1-c1ccccc1)n1nc(-c2ccc(OC(C)F)c(F)c2)c2c(N)ncnc21. The summed E-state index contributed by atoms with van der Waals surface area (Å²) in [5.41, 5.74) is 10.4. The Morgan fingerprint density at radius 1 is 1.10 bits per heavy atom. The summed E-state index contributed by atoms with van der Waals surface area (Å²) in [4.78, 5) is 23.5. The first-order chi connectivity index (χ1) is 19.8. The van der Waals surface area contributed by atoms with Crippen LogP contribution in [0.2, 0.25) is 0 Å². The zero-order chi connectivity index (χ0) is 28.8. The standard InChI is InChI=1S/C30H26F2N6O2S/c1-4-22(20-13-24-37(16(2)14-41-24)30(39)25(20)18-8-6-5-7-9-18)38-29-26(28(33)34-15-35-29)27(36-38)19-10-11-23(21(32)12-19)40-17(3)31/h5-15,17,22H,4H2,1-3H3,(H2,33,34,35)/t17?,22-/m0/s1. The summed E-state index contributed by atoms with van der Waals surface area (Å²) < 4.78 is 36.6. The predicted octanol–water partition coefficient (Wildman–Crippen LogP) is 6.56. The molecule has 0 radical (unpaired) electrons. The summed E-state index contributed by atoms with van der Waals surface area (Å²) in [6, 6.07) is 15.3. The molecule has 41 heavy (non-hydrogen) atoms. The van der Waals surface area contributed by atoms with Crippen molar-refractivity contribution < 1.29 is 13.5 Å². The van der Waals surface area contributed by atoms with E-state index in [2.05, 4.69) is 9.97 Å². The number of aryl methyl sites for hydroxylation is 1. The second-order valence-corrected chi connectivity index (χ2v) is 10.6. The van der Waals surface area contributed by atoms with Crippen molar-refractivity contribution in [2.24, 2.45) is 0 Å². The second-order valence-electron chi connectivity index (χ2n) is 9.68. The van der Waals surface area contributed by atoms with E-state index < -0.39 is 18.2 Å². The highest BCUT2D eigenvalue weighted by atomic mass is 32.1. The van der Waals surface area contributed by atoms with E-state index in [1.807, 2.05) is 55.6 Å². The Hall–Kier alpha value is -4.64. The molecule has 2 N–H and O–H groups in total. The van der Waals surface area contributed by atoms with E-state index in [-0.39, 0.29) is 17.1 Å². The topological polar surface area (TPSA) is 100 Å². The van der Waals surface area contributed by atoms with Crippen LogP contribution in [0.5, 0.6) is 5.75 Å². The van der Waals surface area contributed by atoms with Gasteiger partial charge in [0, 0.05) is 23.6 Å². The molecule has 6 rings (SSSR count). The first-order valence-corrected chi connectivity index (χ1v) is 13.9. The number of alkyl halides is 1. The monoisotopic (exact) mass is 572 g/mol. The summed E-state index contributed by atoms with van der Waals surface area (Å²) >= 11 is 1.49. The summed E-state index contributed by atoms with van der Waals surface area (Å²) in [6.07, 6.45) is 0.248. The molecule has 1 unspecified atom stereocenters. The van der Waals surface area contributed by atoms with E-state index in [0.29, 0.717) is 34.3 Å². The molecule has 0 aliphatic carbocycles. The van der Waals surface area contributed by atoms with Crippen LogP contribution in [0, 0.1) is 12.7 Å². The number of nitrogen functional groups attached to an aromatic ring is 1. The minimum atomic E-state index is -1.67. The van der Waals surface area contributed by atoms with E-state index in [9.17, 15) is 13.6 Å². The van der Waals surface area contributed by atoms with Crippen molar-refractivity contribution in [3.63, 3.8) is 0 Å². The maximum absolute atomic E-state index is 14.9. The maximum atomic E-state index is 14.9. The van der Waals surface area contributed by atoms with E-state index in [4.69, 9.17) is 15.6 Å². The molecule has 8 nitrogen and oxygen atoms in total. The number of hydrogen-bond acceptors (Lipinski definition) is 7. The van der Waals surface area contributed by atoms with Crippen LogP contribution < -0.4 is 16.0 Å². The normalized spacial score (nSPS) is 13.1. The van der Waals surface area contributed by atoms with Gasteiger partial charge < -0.3 is 10.5 Å². The van der Waals surface area contributed by atoms with Crippen LogP contribution in [0.25, 0.3) is 38.2 Å². The van der Waals surface area contributed by atoms with Crippen LogP contribution in [0.15, 0.2) is 71.1 Å². The largest absolute Gasteiger partial charge is 0.458 e. The number of fused-ring (bicyclic) bond motifs is 2. The lowest BCUT2D eigenvalue weighted by atomic mass is 9.95. The Labute approximate surface area is 237 Å². The third-order valence-electron chi connectivity index (χ3n) is 7.02. The van der Waals surface area contributed by atoms with Crippen LogP contribution in [-0.2, 0) is 0 Å². The number of hydrogen-bond donors (Lipinski definition) is 1. The molecule has 11 heteroatoms. The molecular weight excluding hydrogens is 546 g/mol. The lowest BCUT2D eigenvalue weighted by Gasteiger charge is -2.21. The lowest BCUT2D eigenvalue weighted by molar-refractivity contribution is 0.0815. The summed E-state index contributed by atoms with van der Waals surface area (Å²) in [5.74, 6) is -0.775. The average Bonchev–Trinajstić information content (AvgIpc) is 3.52. The number of nitrogens with zero attached hydrogens (tertiary/aromatic N) is 5. The molecule has 4 aromatic heterocycles. The highest BCUT2D eigenvalue weighted by Gasteiger charge is 2.27. The van der Waals surface area contributed by atoms with E-state index in [0.717, 1.165) is 21.7 Å². The number of nitrogens with two attached hydrogens (primary N) is 1. The zero-order valence-corrected chi connectivity index (χ0v) is 23.3. The van der Waals surface area contributed by atoms with Crippen LogP contribution in [0.4, 0.5) is 14.6 Å². The van der Waals surface area contributed by atoms with Crippen LogP contribution in [0.3, 0.4) is 0 Å². The van der Waals surface area contributed by atoms with Gasteiger partial charge in [-0.15, -0.1) is 11.3 Å². The third kappa shape index (κ3) is 4.51. The first kappa shape index (κ1) is 26.6. The van der Waals surface area contributed by atoms with Gasteiger partial charge in [0.25, 0.3) is 5.56 Å². The number of anilines is 1. The van der Waals surface area contributed by atoms with Gasteiger partial charge in [-0.2, -0.15) is 5.10 Å². The average molecular weight is 573 g/mol. The van der Waals surface area contributed by atoms with Gasteiger partial charge in [0.05, 0.1) is 17.0 Å². The molecular formula is C30H26F2N6O2S. The van der Waals surface area contributed by atoms with E-state index in [1.54, 1.807) is 15.1 Å². The van der Waals surface area contributed by atoms with Crippen LogP contribution in [0.1, 0.15) is 37.6 Å². The smallest absolute Gasteiger partial charge is 0.264 e. The number of benzene rings is 2. The van der Waals surface area contributed by atoms with Crippen molar-refractivity contribution in [1.82, 2.24) is 24.1 Å². The molecule has 0 aliphatic rings. The van der Waals surface area contributed by atoms with Crippen molar-refractivity contribution >= 4 is 33.0 Å². The van der Waals surface area contributed by atoms with Gasteiger partial charge in [-0.1, -0.05) is 37.3 Å². The number of ether oxygens (including phenoxy) is 1. The highest BCUT2D eigenvalue weighted by molar-refractivity contribution is 7.15. The molecule has 208 valence electrons. The molecule has 2 aromatic carbocycles. The fraction of sp³-hybridized carbons (Fsp3) is 0.200. The molecule has 2 atom stereocenters. The van der Waals surface area contributed by atoms with Gasteiger partial charge in [-0.25, -0.2) is 23.4 Å². The van der Waals surface area contributed by atoms with Crippen molar-refractivity contribution in [1.29, 1.82) is 0 Å². The summed E-state index contributed by atoms with van der Waals surface area (Å²) in [7, 11) is 0. The fourth-order valence-corrected chi connectivity index (χ4v) is 6.16. The van der Waals surface area contributed by atoms with Gasteiger partial charge in [0.1, 0.15) is 22.7 Å². The van der Waals surface area contributed by atoms with Crippen molar-refractivity contribution in [3.05, 3.63) is 93.7 Å². The fourth-order valence-electron chi connectivity index (χ4n) is 5.24. The van der Waals surface area contributed by atoms with Gasteiger partial charge in [-0.05, 0) is 48.7 Å². The quantitative estimate of drug-likeness (QED) is 0.233. The zero-order valence-electron chi connectivity index (χ0n) is 22.5. The molecule has 6 aromatic rings. The molecule has 4 heterocycles. The van der Waals surface area contributed by atoms with Crippen molar-refractivity contribution in [2.45, 2.75) is 39.6 Å². The Kier molecular flexibility index (Phi) is 6.74. The Morgan fingerprint density at radius 2 is 1.88 bits per heavy atom. The molecule has 0 saturated carbocycles. The molecule has 0 spiro atoms. The molecule has 0 aliphatic heterocycles. The van der Waals surface area contributed by atoms with Crippen LogP contribution in [-0.4, -0.2) is 30.5 Å². The maximum Gasteiger partial charge on any atom is 0.264 e. The van der Waals surface area contributed by atoms with Crippen molar-refractivity contribution in [2.75, 3.05) is 5.73 Å². The predicted molar refractivity (Wildman–Crippen MR) is 156 cm³/mol. The van der Waals surface area contributed by atoms with Gasteiger partial charge >= 0.3 is 0 Å². The van der Waals surface area contributed by atoms with Crippen molar-refractivity contribution in [3.8, 4) is 28.1 Å². The Balaban J connectivity index is 1.61. The minimum absolute atomic E-state index is 0.119. The lowest BCUT2D eigenvalue weighted by Crippen LogP contribution is -2.22. The first-order valence-electron chi connectivity index (χ1n) is 13.1. The van der Waals surface area contributed by atoms with E-state index in [1.165, 1.54) is 36.7 Å². The van der Waals surface area contributed by atoms with Crippen LogP contribution >= 0.6 is 11.3 Å². The second kappa shape index (κ2) is 10.4. The summed E-state index contributed by atoms with van der Waals surface area (Å²) in [6.45, 7) is 5.09. The number of thiazole rings is 1. The van der Waals surface area contributed by atoms with Gasteiger partial charge in [-0.3, -0.25) is 9.20 Å². The minimum Gasteiger partial charge on any atom is -0.458 e. The highest BCUT2D eigenvalue weighted by Crippen LogP contribution is 2.38. The Bertz CT molecular complexity index is 1970. The van der Waals surface area contributed by atoms with Gasteiger partial charge in [0.2, 0.25) is 6.36 Å². The number of aromatic nitrogens is 5. The number of rotatable bonds is 7. The summed E-state index contributed by atoms with van der Waals surface area (Å²) in [5, 5.41) is 7.30. The van der Waals surface area contributed by atoms with E-state index >= 15 is 0 Å². The number of halogens is 2. The molecule has 0 fully saturated rings.